The van der Waals surface area contributed by atoms with Crippen molar-refractivity contribution < 1.29 is 8.42 Å². The highest BCUT2D eigenvalue weighted by atomic mass is 35.5. The number of nitrogens with one attached hydrogen (secondary N) is 1. The minimum atomic E-state index is -3.48. The van der Waals surface area contributed by atoms with Crippen molar-refractivity contribution in [1.82, 2.24) is 10.3 Å². The molecule has 92 valence electrons. The van der Waals surface area contributed by atoms with Crippen molar-refractivity contribution in [2.24, 2.45) is 0 Å². The van der Waals surface area contributed by atoms with Gasteiger partial charge in [0.2, 0.25) is 9.84 Å². The third-order valence-corrected chi connectivity index (χ3v) is 4.76. The van der Waals surface area contributed by atoms with Crippen molar-refractivity contribution in [2.75, 3.05) is 13.1 Å². The van der Waals surface area contributed by atoms with E-state index in [-0.39, 0.29) is 23.0 Å². The molecule has 0 radical (unpaired) electrons. The summed E-state index contributed by atoms with van der Waals surface area (Å²) in [7, 11) is -3.48. The molecule has 1 atom stereocenters. The van der Waals surface area contributed by atoms with Gasteiger partial charge in [-0.2, -0.15) is 5.26 Å². The van der Waals surface area contributed by atoms with Crippen molar-refractivity contribution >= 4 is 22.2 Å². The van der Waals surface area contributed by atoms with E-state index in [0.717, 1.165) is 0 Å². The zero-order chi connectivity index (χ0) is 11.6. The van der Waals surface area contributed by atoms with Gasteiger partial charge in [0.25, 0.3) is 0 Å². The highest BCUT2D eigenvalue weighted by molar-refractivity contribution is 7.92. The van der Waals surface area contributed by atoms with Gasteiger partial charge in [-0.15, -0.1) is 12.4 Å². The molecule has 1 N–H and O–H groups in total. The van der Waals surface area contributed by atoms with Gasteiger partial charge in [-0.05, 0) is 25.1 Å². The van der Waals surface area contributed by atoms with Gasteiger partial charge in [-0.25, -0.2) is 13.4 Å². The van der Waals surface area contributed by atoms with Crippen LogP contribution < -0.4 is 5.32 Å². The summed E-state index contributed by atoms with van der Waals surface area (Å²) < 4.78 is 24.3. The van der Waals surface area contributed by atoms with Crippen LogP contribution in [0.5, 0.6) is 0 Å². The fourth-order valence-corrected chi connectivity index (χ4v) is 3.46. The van der Waals surface area contributed by atoms with Crippen LogP contribution in [0.15, 0.2) is 23.4 Å². The number of hydrogen-bond donors (Lipinski definition) is 1. The zero-order valence-corrected chi connectivity index (χ0v) is 10.6. The average molecular weight is 274 g/mol. The minimum absolute atomic E-state index is 0. The number of rotatable bonds is 2. The molecule has 7 heteroatoms. The molecule has 17 heavy (non-hydrogen) atoms. The summed E-state index contributed by atoms with van der Waals surface area (Å²) in [5, 5.41) is 11.3. The number of halogens is 1. The molecule has 1 aliphatic heterocycles. The normalized spacial score (nSPS) is 19.4. The van der Waals surface area contributed by atoms with E-state index >= 15 is 0 Å². The topological polar surface area (TPSA) is 82.8 Å². The van der Waals surface area contributed by atoms with E-state index in [1.807, 2.05) is 6.07 Å². The maximum atomic E-state index is 12.2. The Morgan fingerprint density at radius 3 is 2.88 bits per heavy atom. The van der Waals surface area contributed by atoms with E-state index in [1.54, 1.807) is 6.07 Å². The number of sulfone groups is 1. The Balaban J connectivity index is 0.00000144. The lowest BCUT2D eigenvalue weighted by Gasteiger charge is -2.10. The SMILES string of the molecule is Cl.N#Cc1cccnc1S(=O)(=O)C1CCNC1. The van der Waals surface area contributed by atoms with Crippen LogP contribution in [0.4, 0.5) is 0 Å². The smallest absolute Gasteiger partial charge is 0.201 e. The zero-order valence-electron chi connectivity index (χ0n) is 8.96. The molecule has 0 saturated carbocycles. The lowest BCUT2D eigenvalue weighted by Crippen LogP contribution is -2.25. The first kappa shape index (κ1) is 13.9. The molecular formula is C10H12ClN3O2S. The molecule has 5 nitrogen and oxygen atoms in total. The standard InChI is InChI=1S/C10H11N3O2S.ClH/c11-6-8-2-1-4-13-10(8)16(14,15)9-3-5-12-7-9;/h1-2,4,9,12H,3,5,7H2;1H. The second-order valence-corrected chi connectivity index (χ2v) is 5.77. The maximum absolute atomic E-state index is 12.2. The van der Waals surface area contributed by atoms with Gasteiger partial charge in [0.05, 0.1) is 10.8 Å². The van der Waals surface area contributed by atoms with Gasteiger partial charge in [-0.3, -0.25) is 0 Å². The van der Waals surface area contributed by atoms with E-state index in [9.17, 15) is 8.42 Å². The molecule has 0 bridgehead atoms. The molecule has 0 aromatic carbocycles. The first-order valence-electron chi connectivity index (χ1n) is 4.96. The van der Waals surface area contributed by atoms with Crippen molar-refractivity contribution in [1.29, 1.82) is 5.26 Å². The van der Waals surface area contributed by atoms with Crippen molar-refractivity contribution in [2.45, 2.75) is 16.7 Å². The molecule has 1 aromatic rings. The molecule has 0 aliphatic carbocycles. The molecule has 1 saturated heterocycles. The average Bonchev–Trinajstić information content (AvgIpc) is 2.83. The number of nitriles is 1. The molecule has 2 rings (SSSR count). The summed E-state index contributed by atoms with van der Waals surface area (Å²) in [6.45, 7) is 1.13. The Labute approximate surface area is 106 Å². The lowest BCUT2D eigenvalue weighted by atomic mass is 10.3. The summed E-state index contributed by atoms with van der Waals surface area (Å²) in [6.07, 6.45) is 1.97. The Kier molecular flexibility index (Phi) is 4.46. The Morgan fingerprint density at radius 2 is 2.29 bits per heavy atom. The first-order valence-corrected chi connectivity index (χ1v) is 6.50. The van der Waals surface area contributed by atoms with Crippen LogP contribution in [-0.4, -0.2) is 31.7 Å². The molecule has 1 aromatic heterocycles. The van der Waals surface area contributed by atoms with Crippen LogP contribution in [-0.2, 0) is 9.84 Å². The van der Waals surface area contributed by atoms with E-state index in [4.69, 9.17) is 5.26 Å². The molecule has 1 unspecified atom stereocenters. The van der Waals surface area contributed by atoms with Crippen LogP contribution in [0.1, 0.15) is 12.0 Å². The Hall–Kier alpha value is -1.16. The molecular weight excluding hydrogens is 262 g/mol. The molecule has 0 amide bonds. The number of pyridine rings is 1. The quantitative estimate of drug-likeness (QED) is 0.849. The molecule has 1 aliphatic rings. The predicted octanol–water partition coefficient (Wildman–Crippen LogP) is 0.511. The third-order valence-electron chi connectivity index (χ3n) is 2.62. The van der Waals surface area contributed by atoms with Crippen LogP contribution in [0.2, 0.25) is 0 Å². The summed E-state index contributed by atoms with van der Waals surface area (Å²) in [5.41, 5.74) is 0.120. The molecule has 0 spiro atoms. The fourth-order valence-electron chi connectivity index (χ4n) is 1.75. The van der Waals surface area contributed by atoms with Crippen LogP contribution in [0, 0.1) is 11.3 Å². The molecule has 2 heterocycles. The van der Waals surface area contributed by atoms with Crippen molar-refractivity contribution in [3.8, 4) is 6.07 Å². The van der Waals surface area contributed by atoms with Gasteiger partial charge < -0.3 is 5.32 Å². The monoisotopic (exact) mass is 273 g/mol. The largest absolute Gasteiger partial charge is 0.315 e. The van der Waals surface area contributed by atoms with Gasteiger partial charge in [0.15, 0.2) is 5.03 Å². The second-order valence-electron chi connectivity index (χ2n) is 3.63. The van der Waals surface area contributed by atoms with Gasteiger partial charge in [-0.1, -0.05) is 0 Å². The maximum Gasteiger partial charge on any atom is 0.201 e. The fraction of sp³-hybridized carbons (Fsp3) is 0.400. The third kappa shape index (κ3) is 2.57. The Bertz CT molecular complexity index is 533. The van der Waals surface area contributed by atoms with Crippen molar-refractivity contribution in [3.63, 3.8) is 0 Å². The molecule has 1 fully saturated rings. The van der Waals surface area contributed by atoms with E-state index < -0.39 is 15.1 Å². The van der Waals surface area contributed by atoms with Gasteiger partial charge in [0, 0.05) is 12.7 Å². The van der Waals surface area contributed by atoms with E-state index in [0.29, 0.717) is 19.5 Å². The van der Waals surface area contributed by atoms with Crippen LogP contribution in [0.25, 0.3) is 0 Å². The van der Waals surface area contributed by atoms with E-state index in [2.05, 4.69) is 10.3 Å². The highest BCUT2D eigenvalue weighted by Gasteiger charge is 2.32. The van der Waals surface area contributed by atoms with Crippen molar-refractivity contribution in [3.05, 3.63) is 23.9 Å². The Morgan fingerprint density at radius 1 is 1.53 bits per heavy atom. The number of hydrogen-bond acceptors (Lipinski definition) is 5. The van der Waals surface area contributed by atoms with E-state index in [1.165, 1.54) is 12.3 Å². The highest BCUT2D eigenvalue weighted by Crippen LogP contribution is 2.21. The summed E-state index contributed by atoms with van der Waals surface area (Å²) in [6, 6.07) is 4.90. The summed E-state index contributed by atoms with van der Waals surface area (Å²) in [4.78, 5) is 3.83. The van der Waals surface area contributed by atoms with Gasteiger partial charge >= 0.3 is 0 Å². The van der Waals surface area contributed by atoms with Crippen LogP contribution >= 0.6 is 12.4 Å². The summed E-state index contributed by atoms with van der Waals surface area (Å²) >= 11 is 0. The number of aromatic nitrogens is 1. The van der Waals surface area contributed by atoms with Crippen LogP contribution in [0.3, 0.4) is 0 Å². The predicted molar refractivity (Wildman–Crippen MR) is 64.7 cm³/mol. The van der Waals surface area contributed by atoms with Gasteiger partial charge in [0.1, 0.15) is 6.07 Å². The second kappa shape index (κ2) is 5.45. The number of nitrogens with zero attached hydrogens (tertiary/aromatic N) is 2. The lowest BCUT2D eigenvalue weighted by molar-refractivity contribution is 0.578. The first-order chi connectivity index (χ1) is 7.66. The minimum Gasteiger partial charge on any atom is -0.315 e. The summed E-state index contributed by atoms with van der Waals surface area (Å²) in [5.74, 6) is 0.